The summed E-state index contributed by atoms with van der Waals surface area (Å²) in [5.74, 6) is 0.412. The zero-order valence-electron chi connectivity index (χ0n) is 12.6. The topological polar surface area (TPSA) is 73.7 Å². The predicted molar refractivity (Wildman–Crippen MR) is 85.5 cm³/mol. The van der Waals surface area contributed by atoms with Gasteiger partial charge < -0.3 is 15.1 Å². The Bertz CT molecular complexity index is 644. The monoisotopic (exact) mass is 320 g/mol. The molecule has 3 rings (SSSR count). The molecule has 2 N–H and O–H groups in total. The molecule has 4 atom stereocenters. The van der Waals surface area contributed by atoms with Crippen LogP contribution in [0.25, 0.3) is 10.2 Å². The van der Waals surface area contributed by atoms with E-state index in [-0.39, 0.29) is 0 Å². The second-order valence-electron chi connectivity index (χ2n) is 6.11. The second kappa shape index (κ2) is 5.95. The maximum absolute atomic E-state index is 12.4. The fourth-order valence-electron chi connectivity index (χ4n) is 2.78. The summed E-state index contributed by atoms with van der Waals surface area (Å²) in [6.45, 7) is 5.44. The standard InChI is InChI=1S/C16H20N2O3S/c1-9-7-18(8-10(9)2)16(21)14(20)13(19)15-17-11-5-3-4-6-12(11)22-15/h3-6,9-10,13-14,19-20H,7-8H2,1-2H3. The summed E-state index contributed by atoms with van der Waals surface area (Å²) < 4.78 is 0.930. The Balaban J connectivity index is 1.76. The first-order chi connectivity index (χ1) is 10.5. The molecule has 22 heavy (non-hydrogen) atoms. The molecule has 0 aliphatic carbocycles. The number of rotatable bonds is 3. The second-order valence-corrected chi connectivity index (χ2v) is 7.17. The molecule has 118 valence electrons. The van der Waals surface area contributed by atoms with E-state index >= 15 is 0 Å². The van der Waals surface area contributed by atoms with Crippen LogP contribution in [0.3, 0.4) is 0 Å². The molecule has 1 fully saturated rings. The number of hydrogen-bond donors (Lipinski definition) is 2. The molecule has 2 aromatic rings. The minimum atomic E-state index is -1.46. The number of aliphatic hydroxyl groups excluding tert-OH is 2. The third kappa shape index (κ3) is 2.74. The van der Waals surface area contributed by atoms with Crippen LogP contribution in [0.1, 0.15) is 25.0 Å². The fraction of sp³-hybridized carbons (Fsp3) is 0.500. The normalized spacial score (nSPS) is 24.6. The molecule has 1 saturated heterocycles. The molecule has 0 saturated carbocycles. The van der Waals surface area contributed by atoms with Gasteiger partial charge in [0.05, 0.1) is 10.2 Å². The van der Waals surface area contributed by atoms with Gasteiger partial charge in [0.15, 0.2) is 6.10 Å². The van der Waals surface area contributed by atoms with Gasteiger partial charge in [-0.05, 0) is 24.0 Å². The number of fused-ring (bicyclic) bond motifs is 1. The van der Waals surface area contributed by atoms with E-state index < -0.39 is 18.1 Å². The van der Waals surface area contributed by atoms with Crippen LogP contribution < -0.4 is 0 Å². The molecule has 1 aliphatic heterocycles. The molecule has 2 heterocycles. The van der Waals surface area contributed by atoms with Gasteiger partial charge in [0.2, 0.25) is 0 Å². The third-order valence-electron chi connectivity index (χ3n) is 4.42. The predicted octanol–water partition coefficient (Wildman–Crippen LogP) is 1.81. The minimum absolute atomic E-state index is 0.377. The van der Waals surface area contributed by atoms with Crippen molar-refractivity contribution in [1.29, 1.82) is 0 Å². The van der Waals surface area contributed by atoms with Crippen LogP contribution >= 0.6 is 11.3 Å². The summed E-state index contributed by atoms with van der Waals surface area (Å²) in [5, 5.41) is 20.9. The Morgan fingerprint density at radius 1 is 1.27 bits per heavy atom. The lowest BCUT2D eigenvalue weighted by Crippen LogP contribution is -2.41. The summed E-state index contributed by atoms with van der Waals surface area (Å²) in [5.41, 5.74) is 0.768. The van der Waals surface area contributed by atoms with Gasteiger partial charge in [-0.15, -0.1) is 11.3 Å². The lowest BCUT2D eigenvalue weighted by Gasteiger charge is -2.22. The number of benzene rings is 1. The number of carbonyl (C=O) groups is 1. The zero-order chi connectivity index (χ0) is 15.9. The highest BCUT2D eigenvalue weighted by atomic mass is 32.1. The van der Waals surface area contributed by atoms with Crippen LogP contribution in [0.15, 0.2) is 24.3 Å². The minimum Gasteiger partial charge on any atom is -0.383 e. The van der Waals surface area contributed by atoms with Crippen molar-refractivity contribution in [3.63, 3.8) is 0 Å². The average Bonchev–Trinajstić information content (AvgIpc) is 3.09. The van der Waals surface area contributed by atoms with E-state index in [0.29, 0.717) is 29.9 Å². The molecule has 1 amide bonds. The molecule has 0 spiro atoms. The molecule has 1 aromatic carbocycles. The SMILES string of the molecule is CC1CN(C(=O)C(O)C(O)c2nc3ccccc3s2)CC1C. The molecular weight excluding hydrogens is 300 g/mol. The van der Waals surface area contributed by atoms with Crippen molar-refractivity contribution >= 4 is 27.5 Å². The van der Waals surface area contributed by atoms with Crippen LogP contribution in [0, 0.1) is 11.8 Å². The Morgan fingerprint density at radius 2 is 1.91 bits per heavy atom. The van der Waals surface area contributed by atoms with Gasteiger partial charge in [-0.3, -0.25) is 4.79 Å². The van der Waals surface area contributed by atoms with Crippen molar-refractivity contribution in [2.45, 2.75) is 26.1 Å². The zero-order valence-corrected chi connectivity index (χ0v) is 13.5. The fourth-order valence-corrected chi connectivity index (χ4v) is 3.77. The maximum Gasteiger partial charge on any atom is 0.254 e. The van der Waals surface area contributed by atoms with Crippen molar-refractivity contribution < 1.29 is 15.0 Å². The first kappa shape index (κ1) is 15.4. The number of likely N-dealkylation sites (tertiary alicyclic amines) is 1. The number of thiazole rings is 1. The number of hydrogen-bond acceptors (Lipinski definition) is 5. The first-order valence-corrected chi connectivity index (χ1v) is 8.29. The van der Waals surface area contributed by atoms with Gasteiger partial charge in [0.1, 0.15) is 11.1 Å². The van der Waals surface area contributed by atoms with Crippen LogP contribution in [0.4, 0.5) is 0 Å². The number of carbonyl (C=O) groups excluding carboxylic acids is 1. The number of aliphatic hydroxyl groups is 2. The Kier molecular flexibility index (Phi) is 4.16. The van der Waals surface area contributed by atoms with Gasteiger partial charge >= 0.3 is 0 Å². The molecule has 6 heteroatoms. The average molecular weight is 320 g/mol. The highest BCUT2D eigenvalue weighted by molar-refractivity contribution is 7.18. The quantitative estimate of drug-likeness (QED) is 0.904. The number of aromatic nitrogens is 1. The molecule has 5 nitrogen and oxygen atoms in total. The molecule has 4 unspecified atom stereocenters. The third-order valence-corrected chi connectivity index (χ3v) is 5.52. The number of para-hydroxylation sites is 1. The van der Waals surface area contributed by atoms with Crippen molar-refractivity contribution in [2.24, 2.45) is 11.8 Å². The number of nitrogens with zero attached hydrogens (tertiary/aromatic N) is 2. The van der Waals surface area contributed by atoms with Gasteiger partial charge in [0, 0.05) is 13.1 Å². The van der Waals surface area contributed by atoms with Gasteiger partial charge in [-0.1, -0.05) is 26.0 Å². The molecule has 1 aliphatic rings. The van der Waals surface area contributed by atoms with E-state index in [2.05, 4.69) is 18.8 Å². The van der Waals surface area contributed by atoms with Gasteiger partial charge in [-0.2, -0.15) is 0 Å². The Hall–Kier alpha value is -1.50. The highest BCUT2D eigenvalue weighted by Gasteiger charge is 2.36. The van der Waals surface area contributed by atoms with E-state index in [9.17, 15) is 15.0 Å². The molecule has 1 aromatic heterocycles. The summed E-state index contributed by atoms with van der Waals surface area (Å²) in [7, 11) is 0. The molecule has 0 bridgehead atoms. The van der Waals surface area contributed by atoms with E-state index in [1.54, 1.807) is 4.90 Å². The van der Waals surface area contributed by atoms with Crippen molar-refractivity contribution in [3.8, 4) is 0 Å². The summed E-state index contributed by atoms with van der Waals surface area (Å²) in [6.07, 6.45) is -2.74. The smallest absolute Gasteiger partial charge is 0.254 e. The lowest BCUT2D eigenvalue weighted by atomic mass is 10.0. The van der Waals surface area contributed by atoms with Crippen LogP contribution in [0.5, 0.6) is 0 Å². The summed E-state index contributed by atoms with van der Waals surface area (Å²) in [4.78, 5) is 18.3. The Labute approximate surface area is 133 Å². The summed E-state index contributed by atoms with van der Waals surface area (Å²) in [6, 6.07) is 7.51. The summed E-state index contributed by atoms with van der Waals surface area (Å²) >= 11 is 1.30. The first-order valence-electron chi connectivity index (χ1n) is 7.47. The van der Waals surface area contributed by atoms with Gasteiger partial charge in [0.25, 0.3) is 5.91 Å². The lowest BCUT2D eigenvalue weighted by molar-refractivity contribution is -0.145. The van der Waals surface area contributed by atoms with Crippen LogP contribution in [0.2, 0.25) is 0 Å². The van der Waals surface area contributed by atoms with E-state index in [0.717, 1.165) is 10.2 Å². The maximum atomic E-state index is 12.4. The molecule has 0 radical (unpaired) electrons. The van der Waals surface area contributed by atoms with Crippen molar-refractivity contribution in [3.05, 3.63) is 29.3 Å². The van der Waals surface area contributed by atoms with E-state index in [4.69, 9.17) is 0 Å². The van der Waals surface area contributed by atoms with Crippen molar-refractivity contribution in [2.75, 3.05) is 13.1 Å². The highest BCUT2D eigenvalue weighted by Crippen LogP contribution is 2.30. The molecular formula is C16H20N2O3S. The van der Waals surface area contributed by atoms with E-state index in [1.807, 2.05) is 24.3 Å². The van der Waals surface area contributed by atoms with E-state index in [1.165, 1.54) is 11.3 Å². The van der Waals surface area contributed by atoms with Crippen molar-refractivity contribution in [1.82, 2.24) is 9.88 Å². The van der Waals surface area contributed by atoms with Gasteiger partial charge in [-0.25, -0.2) is 4.98 Å². The number of amides is 1. The van der Waals surface area contributed by atoms with Crippen LogP contribution in [-0.4, -0.2) is 45.2 Å². The van der Waals surface area contributed by atoms with Crippen LogP contribution in [-0.2, 0) is 4.79 Å². The Morgan fingerprint density at radius 3 is 2.55 bits per heavy atom. The largest absolute Gasteiger partial charge is 0.383 e.